The van der Waals surface area contributed by atoms with Gasteiger partial charge in [-0.2, -0.15) is 0 Å². The molecule has 5 nitrogen and oxygen atoms in total. The summed E-state index contributed by atoms with van der Waals surface area (Å²) in [6.45, 7) is 4.08. The van der Waals surface area contributed by atoms with Gasteiger partial charge in [0.1, 0.15) is 17.3 Å². The molecule has 1 aromatic carbocycles. The summed E-state index contributed by atoms with van der Waals surface area (Å²) in [7, 11) is 1.79. The van der Waals surface area contributed by atoms with Crippen LogP contribution in [-0.2, 0) is 13.6 Å². The lowest BCUT2D eigenvalue weighted by Crippen LogP contribution is -2.36. The summed E-state index contributed by atoms with van der Waals surface area (Å²) in [6, 6.07) is 6.94. The maximum Gasteiger partial charge on any atom is 0.274 e. The van der Waals surface area contributed by atoms with Crippen molar-refractivity contribution in [3.63, 3.8) is 0 Å². The third-order valence-electron chi connectivity index (χ3n) is 4.20. The van der Waals surface area contributed by atoms with Gasteiger partial charge >= 0.3 is 0 Å². The van der Waals surface area contributed by atoms with E-state index in [9.17, 15) is 13.6 Å². The maximum absolute atomic E-state index is 14.1. The van der Waals surface area contributed by atoms with Gasteiger partial charge in [-0.25, -0.2) is 13.8 Å². The molecule has 3 aromatic rings. The minimum Gasteiger partial charge on any atom is -0.340 e. The van der Waals surface area contributed by atoms with Crippen molar-refractivity contribution in [2.75, 3.05) is 0 Å². The molecule has 2 aromatic heterocycles. The third kappa shape index (κ3) is 4.02. The molecule has 7 heteroatoms. The summed E-state index contributed by atoms with van der Waals surface area (Å²) in [6.07, 6.45) is 4.71. The van der Waals surface area contributed by atoms with Crippen molar-refractivity contribution >= 4 is 5.91 Å². The Morgan fingerprint density at radius 2 is 1.89 bits per heavy atom. The number of nitrogens with zero attached hydrogens (tertiary/aromatic N) is 4. The monoisotopic (exact) mass is 370 g/mol. The number of aryl methyl sites for hydroxylation is 1. The topological polar surface area (TPSA) is 51.0 Å². The second-order valence-corrected chi connectivity index (χ2v) is 6.60. The minimum absolute atomic E-state index is 0.0821. The molecule has 0 aliphatic carbocycles. The number of hydrogen-bond acceptors (Lipinski definition) is 3. The predicted molar refractivity (Wildman–Crippen MR) is 97.8 cm³/mol. The molecule has 0 saturated heterocycles. The zero-order valence-electron chi connectivity index (χ0n) is 15.4. The fourth-order valence-corrected chi connectivity index (χ4v) is 2.81. The van der Waals surface area contributed by atoms with Crippen molar-refractivity contribution in [2.45, 2.75) is 26.4 Å². The number of carbonyl (C=O) groups is 1. The molecular weight excluding hydrogens is 350 g/mol. The minimum atomic E-state index is -0.676. The average molecular weight is 370 g/mol. The summed E-state index contributed by atoms with van der Waals surface area (Å²) >= 11 is 0. The molecule has 0 saturated carbocycles. The molecule has 0 fully saturated rings. The van der Waals surface area contributed by atoms with E-state index in [0.29, 0.717) is 5.69 Å². The summed E-state index contributed by atoms with van der Waals surface area (Å²) < 4.78 is 29.8. The van der Waals surface area contributed by atoms with Crippen LogP contribution in [0.5, 0.6) is 0 Å². The van der Waals surface area contributed by atoms with Gasteiger partial charge < -0.3 is 9.47 Å². The second-order valence-electron chi connectivity index (χ2n) is 6.60. The van der Waals surface area contributed by atoms with Gasteiger partial charge in [-0.05, 0) is 43.7 Å². The van der Waals surface area contributed by atoms with Crippen molar-refractivity contribution in [1.29, 1.82) is 0 Å². The van der Waals surface area contributed by atoms with Crippen LogP contribution in [-0.4, -0.2) is 31.4 Å². The first-order chi connectivity index (χ1) is 12.9. The number of rotatable bonds is 5. The Labute approximate surface area is 156 Å². The van der Waals surface area contributed by atoms with Gasteiger partial charge in [0.2, 0.25) is 0 Å². The van der Waals surface area contributed by atoms with Crippen LogP contribution in [0.3, 0.4) is 0 Å². The normalized spacial score (nSPS) is 11.0. The van der Waals surface area contributed by atoms with Crippen LogP contribution in [0.25, 0.3) is 11.3 Å². The fourth-order valence-electron chi connectivity index (χ4n) is 2.81. The van der Waals surface area contributed by atoms with Gasteiger partial charge in [-0.1, -0.05) is 6.07 Å². The number of pyridine rings is 1. The molecule has 1 amide bonds. The number of amides is 1. The second kappa shape index (κ2) is 7.65. The zero-order valence-corrected chi connectivity index (χ0v) is 15.4. The van der Waals surface area contributed by atoms with Crippen LogP contribution in [0, 0.1) is 11.6 Å². The highest BCUT2D eigenvalue weighted by Gasteiger charge is 2.22. The third-order valence-corrected chi connectivity index (χ3v) is 4.20. The molecule has 3 rings (SSSR count). The zero-order chi connectivity index (χ0) is 19.6. The fraction of sp³-hybridized carbons (Fsp3) is 0.250. The van der Waals surface area contributed by atoms with Gasteiger partial charge in [0.25, 0.3) is 5.91 Å². The first-order valence-electron chi connectivity index (χ1n) is 8.55. The number of benzene rings is 1. The summed E-state index contributed by atoms with van der Waals surface area (Å²) in [5.74, 6) is -1.56. The van der Waals surface area contributed by atoms with Crippen LogP contribution in [0.1, 0.15) is 29.9 Å². The molecule has 27 heavy (non-hydrogen) atoms. The molecule has 0 radical (unpaired) electrons. The maximum atomic E-state index is 14.1. The Morgan fingerprint density at radius 3 is 2.48 bits per heavy atom. The molecule has 140 valence electrons. The molecular formula is C20H20F2N4O. The van der Waals surface area contributed by atoms with E-state index in [1.165, 1.54) is 24.4 Å². The van der Waals surface area contributed by atoms with Gasteiger partial charge in [-0.3, -0.25) is 9.78 Å². The number of hydrogen-bond donors (Lipinski definition) is 0. The number of imidazole rings is 1. The lowest BCUT2D eigenvalue weighted by Gasteiger charge is -2.26. The lowest BCUT2D eigenvalue weighted by atomic mass is 10.1. The quantitative estimate of drug-likeness (QED) is 0.686. The van der Waals surface area contributed by atoms with E-state index < -0.39 is 11.6 Å². The van der Waals surface area contributed by atoms with Gasteiger partial charge in [0.15, 0.2) is 0 Å². The van der Waals surface area contributed by atoms with Crippen LogP contribution in [0.4, 0.5) is 8.78 Å². The largest absolute Gasteiger partial charge is 0.340 e. The molecule has 0 aliphatic heterocycles. The summed E-state index contributed by atoms with van der Waals surface area (Å²) in [5.41, 5.74) is 1.09. The first-order valence-corrected chi connectivity index (χ1v) is 8.55. The van der Waals surface area contributed by atoms with Crippen molar-refractivity contribution in [2.24, 2.45) is 7.05 Å². The van der Waals surface area contributed by atoms with Crippen molar-refractivity contribution in [1.82, 2.24) is 19.4 Å². The van der Waals surface area contributed by atoms with Gasteiger partial charge in [0.05, 0.1) is 17.6 Å². The van der Waals surface area contributed by atoms with Gasteiger partial charge in [-0.15, -0.1) is 0 Å². The molecule has 0 atom stereocenters. The van der Waals surface area contributed by atoms with Crippen LogP contribution < -0.4 is 0 Å². The lowest BCUT2D eigenvalue weighted by molar-refractivity contribution is 0.0684. The van der Waals surface area contributed by atoms with E-state index in [1.54, 1.807) is 41.2 Å². The molecule has 0 bridgehead atoms. The molecule has 0 N–H and O–H groups in total. The highest BCUT2D eigenvalue weighted by molar-refractivity contribution is 5.92. The molecule has 0 unspecified atom stereocenters. The smallest absolute Gasteiger partial charge is 0.274 e. The van der Waals surface area contributed by atoms with Crippen molar-refractivity contribution in [3.05, 3.63) is 71.9 Å². The Bertz CT molecular complexity index is 948. The van der Waals surface area contributed by atoms with Crippen LogP contribution >= 0.6 is 0 Å². The van der Waals surface area contributed by atoms with Crippen molar-refractivity contribution < 1.29 is 13.6 Å². The molecule has 2 heterocycles. The standard InChI is InChI=1S/C20H20F2N4O/c1-13(2)26(20(27)18-11-25(3)12-24-18)10-14-7-8-23-17(9-14)19-15(21)5-4-6-16(19)22/h4-9,11-13H,10H2,1-3H3. The van der Waals surface area contributed by atoms with E-state index in [-0.39, 0.29) is 29.8 Å². The Hall–Kier alpha value is -3.09. The first kappa shape index (κ1) is 18.7. The highest BCUT2D eigenvalue weighted by Crippen LogP contribution is 2.25. The highest BCUT2D eigenvalue weighted by atomic mass is 19.1. The SMILES string of the molecule is CC(C)N(Cc1ccnc(-c2c(F)cccc2F)c1)C(=O)c1cn(C)cn1. The van der Waals surface area contributed by atoms with E-state index in [2.05, 4.69) is 9.97 Å². The van der Waals surface area contributed by atoms with E-state index >= 15 is 0 Å². The Kier molecular flexibility index (Phi) is 5.30. The summed E-state index contributed by atoms with van der Waals surface area (Å²) in [4.78, 5) is 22.6. The van der Waals surface area contributed by atoms with E-state index in [0.717, 1.165) is 5.56 Å². The number of carbonyl (C=O) groups excluding carboxylic acids is 1. The Morgan fingerprint density at radius 1 is 1.19 bits per heavy atom. The van der Waals surface area contributed by atoms with Gasteiger partial charge in [0, 0.05) is 32.0 Å². The van der Waals surface area contributed by atoms with E-state index in [4.69, 9.17) is 0 Å². The predicted octanol–water partition coefficient (Wildman–Crippen LogP) is 3.81. The molecule has 0 aliphatic rings. The summed E-state index contributed by atoms with van der Waals surface area (Å²) in [5, 5.41) is 0. The number of halogens is 2. The number of aromatic nitrogens is 3. The Balaban J connectivity index is 1.91. The van der Waals surface area contributed by atoms with Crippen molar-refractivity contribution in [3.8, 4) is 11.3 Å². The molecule has 0 spiro atoms. The van der Waals surface area contributed by atoms with Crippen LogP contribution in [0.2, 0.25) is 0 Å². The van der Waals surface area contributed by atoms with E-state index in [1.807, 2.05) is 13.8 Å². The van der Waals surface area contributed by atoms with Crippen LogP contribution in [0.15, 0.2) is 49.1 Å². The average Bonchev–Trinajstić information content (AvgIpc) is 3.05.